The Morgan fingerprint density at radius 2 is 1.57 bits per heavy atom. The number of rotatable bonds is 5. The highest BCUT2D eigenvalue weighted by Crippen LogP contribution is 2.31. The van der Waals surface area contributed by atoms with Crippen molar-refractivity contribution in [3.63, 3.8) is 0 Å². The van der Waals surface area contributed by atoms with Crippen LogP contribution in [0.2, 0.25) is 0 Å². The predicted octanol–water partition coefficient (Wildman–Crippen LogP) is 3.11. The molecule has 0 bridgehead atoms. The Morgan fingerprint density at radius 3 is 2.00 bits per heavy atom. The maximum absolute atomic E-state index is 6.22. The summed E-state index contributed by atoms with van der Waals surface area (Å²) in [6.45, 7) is 4.80. The molecule has 0 radical (unpaired) electrons. The molecule has 0 aliphatic rings. The molecule has 78 valence electrons. The van der Waals surface area contributed by atoms with E-state index in [2.05, 4.69) is 0 Å². The van der Waals surface area contributed by atoms with Crippen LogP contribution in [0, 0.1) is 0 Å². The molecule has 0 N–H and O–H groups in total. The molecule has 1 aromatic rings. The van der Waals surface area contributed by atoms with Crippen LogP contribution in [-0.2, 0) is 14.7 Å². The molecular formula is C11H15ClO2. The number of ether oxygens (including phenoxy) is 2. The van der Waals surface area contributed by atoms with Crippen molar-refractivity contribution in [3.8, 4) is 0 Å². The van der Waals surface area contributed by atoms with E-state index in [1.165, 1.54) is 0 Å². The molecule has 0 saturated carbocycles. The van der Waals surface area contributed by atoms with Gasteiger partial charge in [-0.25, -0.2) is 0 Å². The molecule has 0 atom stereocenters. The molecule has 0 aromatic heterocycles. The molecule has 0 aliphatic heterocycles. The first-order valence-corrected chi connectivity index (χ1v) is 5.13. The van der Waals surface area contributed by atoms with Crippen molar-refractivity contribution in [2.75, 3.05) is 13.2 Å². The third kappa shape index (κ3) is 2.71. The lowest BCUT2D eigenvalue weighted by Crippen LogP contribution is -2.26. The highest BCUT2D eigenvalue weighted by molar-refractivity contribution is 6.22. The smallest absolute Gasteiger partial charge is 0.276 e. The quantitative estimate of drug-likeness (QED) is 0.554. The fourth-order valence-electron chi connectivity index (χ4n) is 1.22. The first-order valence-electron chi connectivity index (χ1n) is 4.75. The lowest BCUT2D eigenvalue weighted by molar-refractivity contribution is -0.179. The van der Waals surface area contributed by atoms with E-state index in [-0.39, 0.29) is 0 Å². The van der Waals surface area contributed by atoms with Crippen LogP contribution in [0.15, 0.2) is 30.3 Å². The molecular weight excluding hydrogens is 200 g/mol. The molecule has 14 heavy (non-hydrogen) atoms. The first kappa shape index (κ1) is 11.5. The van der Waals surface area contributed by atoms with Gasteiger partial charge in [0.1, 0.15) is 0 Å². The van der Waals surface area contributed by atoms with E-state index >= 15 is 0 Å². The second-order valence-corrected chi connectivity index (χ2v) is 3.27. The normalized spacial score (nSPS) is 11.6. The Balaban J connectivity index is 2.87. The van der Waals surface area contributed by atoms with Crippen LogP contribution < -0.4 is 0 Å². The minimum atomic E-state index is -1.13. The lowest BCUT2D eigenvalue weighted by Gasteiger charge is -2.26. The monoisotopic (exact) mass is 214 g/mol. The summed E-state index contributed by atoms with van der Waals surface area (Å²) in [5, 5.41) is -1.13. The van der Waals surface area contributed by atoms with Crippen LogP contribution >= 0.6 is 11.6 Å². The van der Waals surface area contributed by atoms with Gasteiger partial charge in [0.05, 0.1) is 0 Å². The van der Waals surface area contributed by atoms with Crippen LogP contribution in [0.4, 0.5) is 0 Å². The van der Waals surface area contributed by atoms with Crippen LogP contribution in [0.5, 0.6) is 0 Å². The number of hydrogen-bond donors (Lipinski definition) is 0. The Hall–Kier alpha value is -0.570. The number of halogens is 1. The van der Waals surface area contributed by atoms with E-state index in [1.54, 1.807) is 0 Å². The SMILES string of the molecule is CCOC(Cl)(OCC)c1ccccc1. The van der Waals surface area contributed by atoms with Crippen molar-refractivity contribution in [1.29, 1.82) is 0 Å². The predicted molar refractivity (Wildman–Crippen MR) is 57.2 cm³/mol. The molecule has 0 aliphatic carbocycles. The summed E-state index contributed by atoms with van der Waals surface area (Å²) in [5.74, 6) is 0. The summed E-state index contributed by atoms with van der Waals surface area (Å²) in [6, 6.07) is 9.52. The summed E-state index contributed by atoms with van der Waals surface area (Å²) in [7, 11) is 0. The Kier molecular flexibility index (Phi) is 4.39. The van der Waals surface area contributed by atoms with Gasteiger partial charge in [0.15, 0.2) is 0 Å². The molecule has 0 spiro atoms. The zero-order valence-corrected chi connectivity index (χ0v) is 9.25. The molecule has 0 saturated heterocycles. The van der Waals surface area contributed by atoms with E-state index in [0.717, 1.165) is 5.56 Å². The van der Waals surface area contributed by atoms with Gasteiger partial charge in [-0.3, -0.25) is 0 Å². The largest absolute Gasteiger partial charge is 0.334 e. The number of alkyl halides is 1. The number of benzene rings is 1. The van der Waals surface area contributed by atoms with E-state index < -0.39 is 5.25 Å². The van der Waals surface area contributed by atoms with Crippen molar-refractivity contribution in [3.05, 3.63) is 35.9 Å². The maximum Gasteiger partial charge on any atom is 0.276 e. The van der Waals surface area contributed by atoms with Crippen molar-refractivity contribution in [2.24, 2.45) is 0 Å². The highest BCUT2D eigenvalue weighted by atomic mass is 35.5. The van der Waals surface area contributed by atoms with E-state index in [0.29, 0.717) is 13.2 Å². The Labute approximate surface area is 89.8 Å². The van der Waals surface area contributed by atoms with Crippen molar-refractivity contribution >= 4 is 11.6 Å². The topological polar surface area (TPSA) is 18.5 Å². The molecule has 3 heteroatoms. The third-order valence-electron chi connectivity index (χ3n) is 1.78. The zero-order valence-electron chi connectivity index (χ0n) is 8.50. The van der Waals surface area contributed by atoms with E-state index in [4.69, 9.17) is 21.1 Å². The fourth-order valence-corrected chi connectivity index (χ4v) is 1.56. The maximum atomic E-state index is 6.22. The first-order chi connectivity index (χ1) is 6.73. The molecule has 0 amide bonds. The third-order valence-corrected chi connectivity index (χ3v) is 2.22. The number of hydrogen-bond acceptors (Lipinski definition) is 2. The van der Waals surface area contributed by atoms with Gasteiger partial charge < -0.3 is 9.47 Å². The Morgan fingerprint density at radius 1 is 1.07 bits per heavy atom. The molecule has 0 fully saturated rings. The van der Waals surface area contributed by atoms with Gasteiger partial charge in [0.2, 0.25) is 0 Å². The summed E-state index contributed by atoms with van der Waals surface area (Å²) < 4.78 is 10.8. The van der Waals surface area contributed by atoms with Gasteiger partial charge in [-0.2, -0.15) is 0 Å². The van der Waals surface area contributed by atoms with Crippen LogP contribution in [0.25, 0.3) is 0 Å². The second-order valence-electron chi connectivity index (χ2n) is 2.77. The van der Waals surface area contributed by atoms with Gasteiger partial charge >= 0.3 is 0 Å². The Bertz CT molecular complexity index is 255. The lowest BCUT2D eigenvalue weighted by atomic mass is 10.2. The fraction of sp³-hybridized carbons (Fsp3) is 0.455. The molecule has 1 aromatic carbocycles. The molecule has 0 unspecified atom stereocenters. The minimum absolute atomic E-state index is 0.512. The van der Waals surface area contributed by atoms with E-state index in [1.807, 2.05) is 44.2 Å². The zero-order chi connectivity index (χ0) is 10.4. The second kappa shape index (κ2) is 5.35. The van der Waals surface area contributed by atoms with Crippen molar-refractivity contribution < 1.29 is 9.47 Å². The van der Waals surface area contributed by atoms with Crippen molar-refractivity contribution in [2.45, 2.75) is 19.1 Å². The summed E-state index contributed by atoms with van der Waals surface area (Å²) in [4.78, 5) is 0. The molecule has 1 rings (SSSR count). The van der Waals surface area contributed by atoms with Crippen LogP contribution in [0.1, 0.15) is 19.4 Å². The molecule has 0 heterocycles. The highest BCUT2D eigenvalue weighted by Gasteiger charge is 2.30. The van der Waals surface area contributed by atoms with Gasteiger partial charge in [0.25, 0.3) is 5.25 Å². The average molecular weight is 215 g/mol. The van der Waals surface area contributed by atoms with Crippen LogP contribution in [0.3, 0.4) is 0 Å². The van der Waals surface area contributed by atoms with E-state index in [9.17, 15) is 0 Å². The van der Waals surface area contributed by atoms with Gasteiger partial charge in [0, 0.05) is 18.8 Å². The van der Waals surface area contributed by atoms with Gasteiger partial charge in [-0.1, -0.05) is 41.9 Å². The van der Waals surface area contributed by atoms with Gasteiger partial charge in [-0.15, -0.1) is 0 Å². The standard InChI is InChI=1S/C11H15ClO2/c1-3-13-11(12,14-4-2)10-8-6-5-7-9-10/h5-9H,3-4H2,1-2H3. The minimum Gasteiger partial charge on any atom is -0.334 e. The molecule has 2 nitrogen and oxygen atoms in total. The summed E-state index contributed by atoms with van der Waals surface area (Å²) in [6.07, 6.45) is 0. The summed E-state index contributed by atoms with van der Waals surface area (Å²) in [5.41, 5.74) is 0.824. The average Bonchev–Trinajstić information content (AvgIpc) is 2.20. The van der Waals surface area contributed by atoms with Crippen LogP contribution in [-0.4, -0.2) is 13.2 Å². The van der Waals surface area contributed by atoms with Crippen molar-refractivity contribution in [1.82, 2.24) is 0 Å². The summed E-state index contributed by atoms with van der Waals surface area (Å²) >= 11 is 6.22. The van der Waals surface area contributed by atoms with Gasteiger partial charge in [-0.05, 0) is 13.8 Å².